The summed E-state index contributed by atoms with van der Waals surface area (Å²) in [7, 11) is 1.63. The van der Waals surface area contributed by atoms with Crippen molar-refractivity contribution in [2.75, 3.05) is 30.8 Å². The van der Waals surface area contributed by atoms with Crippen LogP contribution in [-0.4, -0.2) is 26.0 Å². The molecule has 0 saturated heterocycles. The quantitative estimate of drug-likeness (QED) is 0.778. The fourth-order valence-corrected chi connectivity index (χ4v) is 3.96. The largest absolute Gasteiger partial charge is 0.492 e. The molecule has 1 aromatic rings. The van der Waals surface area contributed by atoms with Gasteiger partial charge in [-0.05, 0) is 25.7 Å². The molecule has 4 nitrogen and oxygen atoms in total. The van der Waals surface area contributed by atoms with Gasteiger partial charge in [0.15, 0.2) is 11.5 Å². The summed E-state index contributed by atoms with van der Waals surface area (Å²) in [6, 6.07) is 0. The second kappa shape index (κ2) is 6.69. The number of carbonyl (C=O) groups excluding carboxylic acids is 1. The minimum absolute atomic E-state index is 0.0507. The Labute approximate surface area is 131 Å². The molecule has 0 aliphatic heterocycles. The van der Waals surface area contributed by atoms with E-state index < -0.39 is 0 Å². The Morgan fingerprint density at radius 3 is 2.57 bits per heavy atom. The van der Waals surface area contributed by atoms with Gasteiger partial charge in [0, 0.05) is 19.0 Å². The van der Waals surface area contributed by atoms with Gasteiger partial charge < -0.3 is 15.4 Å². The minimum atomic E-state index is -0.0507. The van der Waals surface area contributed by atoms with Gasteiger partial charge in [0.25, 0.3) is 0 Å². The molecule has 0 amide bonds. The maximum absolute atomic E-state index is 12.3. The Balaban J connectivity index is 2.32. The number of thiophene rings is 1. The molecule has 2 rings (SSSR count). The van der Waals surface area contributed by atoms with Crippen molar-refractivity contribution >= 4 is 27.8 Å². The lowest BCUT2D eigenvalue weighted by molar-refractivity contribution is 0.0944. The van der Waals surface area contributed by atoms with Crippen molar-refractivity contribution in [2.45, 2.75) is 40.0 Å². The van der Waals surface area contributed by atoms with Gasteiger partial charge in [-0.2, -0.15) is 0 Å². The molecular weight excluding hydrogens is 284 g/mol. The normalized spacial score (nSPS) is 15.1. The van der Waals surface area contributed by atoms with Crippen LogP contribution in [0, 0.1) is 11.8 Å². The van der Waals surface area contributed by atoms with Crippen molar-refractivity contribution in [1.82, 2.24) is 0 Å². The lowest BCUT2D eigenvalue weighted by Crippen LogP contribution is -2.32. The standard InChI is InChI=1S/C16H26N2O2S/c1-5-18(9-11-7-6-8-11)16-14(20-4)12(17)15(21-16)13(19)10(2)3/h10-11H,5-9,17H2,1-4H3. The zero-order chi connectivity index (χ0) is 15.6. The molecule has 1 heterocycles. The van der Waals surface area contributed by atoms with Crippen LogP contribution in [0.1, 0.15) is 49.7 Å². The second-order valence-electron chi connectivity index (χ2n) is 6.04. The van der Waals surface area contributed by atoms with Crippen LogP contribution in [-0.2, 0) is 0 Å². The molecular formula is C16H26N2O2S. The summed E-state index contributed by atoms with van der Waals surface area (Å²) in [5.41, 5.74) is 6.66. The first-order valence-corrected chi connectivity index (χ1v) is 8.56. The molecule has 21 heavy (non-hydrogen) atoms. The monoisotopic (exact) mass is 310 g/mol. The second-order valence-corrected chi connectivity index (χ2v) is 7.04. The van der Waals surface area contributed by atoms with Crippen LogP contribution in [0.3, 0.4) is 0 Å². The van der Waals surface area contributed by atoms with E-state index in [9.17, 15) is 4.79 Å². The van der Waals surface area contributed by atoms with E-state index in [4.69, 9.17) is 10.5 Å². The van der Waals surface area contributed by atoms with Gasteiger partial charge in [-0.1, -0.05) is 20.3 Å². The zero-order valence-corrected chi connectivity index (χ0v) is 14.3. The van der Waals surface area contributed by atoms with Crippen molar-refractivity contribution < 1.29 is 9.53 Å². The average molecular weight is 310 g/mol. The first kappa shape index (κ1) is 16.1. The summed E-state index contributed by atoms with van der Waals surface area (Å²) in [5.74, 6) is 1.49. The number of hydrogen-bond acceptors (Lipinski definition) is 5. The molecule has 0 radical (unpaired) electrons. The maximum atomic E-state index is 12.3. The highest BCUT2D eigenvalue weighted by molar-refractivity contribution is 7.19. The summed E-state index contributed by atoms with van der Waals surface area (Å²) < 4.78 is 5.49. The summed E-state index contributed by atoms with van der Waals surface area (Å²) in [5, 5.41) is 1.01. The number of methoxy groups -OCH3 is 1. The lowest BCUT2D eigenvalue weighted by Gasteiger charge is -2.32. The van der Waals surface area contributed by atoms with Gasteiger partial charge in [-0.25, -0.2) is 0 Å². The molecule has 5 heteroatoms. The van der Waals surface area contributed by atoms with E-state index in [1.807, 2.05) is 13.8 Å². The number of Topliss-reactive ketones (excluding diaryl/α,β-unsaturated/α-hetero) is 1. The third kappa shape index (κ3) is 3.18. The highest BCUT2D eigenvalue weighted by Crippen LogP contribution is 2.46. The van der Waals surface area contributed by atoms with Crippen LogP contribution in [0.5, 0.6) is 5.75 Å². The number of carbonyl (C=O) groups is 1. The number of hydrogen-bond donors (Lipinski definition) is 1. The number of ketones is 1. The highest BCUT2D eigenvalue weighted by Gasteiger charge is 2.28. The number of nitrogens with zero attached hydrogens (tertiary/aromatic N) is 1. The summed E-state index contributed by atoms with van der Waals surface area (Å²) in [6.07, 6.45) is 3.94. The predicted molar refractivity (Wildman–Crippen MR) is 89.7 cm³/mol. The molecule has 1 fully saturated rings. The van der Waals surface area contributed by atoms with Crippen molar-refractivity contribution in [1.29, 1.82) is 0 Å². The summed E-state index contributed by atoms with van der Waals surface area (Å²) in [6.45, 7) is 7.88. The maximum Gasteiger partial charge on any atom is 0.177 e. The van der Waals surface area contributed by atoms with Crippen LogP contribution in [0.25, 0.3) is 0 Å². The molecule has 1 aliphatic rings. The molecule has 1 saturated carbocycles. The van der Waals surface area contributed by atoms with Crippen LogP contribution < -0.4 is 15.4 Å². The smallest absolute Gasteiger partial charge is 0.177 e. The predicted octanol–water partition coefficient (Wildman–Crippen LogP) is 3.80. The molecule has 1 aliphatic carbocycles. The topological polar surface area (TPSA) is 55.6 Å². The van der Waals surface area contributed by atoms with Gasteiger partial charge in [-0.15, -0.1) is 11.3 Å². The van der Waals surface area contributed by atoms with Crippen LogP contribution >= 0.6 is 11.3 Å². The molecule has 1 aromatic heterocycles. The lowest BCUT2D eigenvalue weighted by atomic mass is 9.85. The molecule has 0 unspecified atom stereocenters. The van der Waals surface area contributed by atoms with Gasteiger partial charge in [0.1, 0.15) is 5.00 Å². The van der Waals surface area contributed by atoms with E-state index in [-0.39, 0.29) is 11.7 Å². The van der Waals surface area contributed by atoms with Crippen molar-refractivity contribution in [3.63, 3.8) is 0 Å². The van der Waals surface area contributed by atoms with Crippen molar-refractivity contribution in [3.8, 4) is 5.75 Å². The third-order valence-electron chi connectivity index (χ3n) is 4.21. The van der Waals surface area contributed by atoms with E-state index in [0.717, 1.165) is 24.0 Å². The Hall–Kier alpha value is -1.23. The highest BCUT2D eigenvalue weighted by atomic mass is 32.1. The first-order chi connectivity index (χ1) is 9.99. The Kier molecular flexibility index (Phi) is 5.14. The van der Waals surface area contributed by atoms with Gasteiger partial charge in [0.05, 0.1) is 17.7 Å². The summed E-state index contributed by atoms with van der Waals surface area (Å²) in [4.78, 5) is 15.3. The van der Waals surface area contributed by atoms with Crippen LogP contribution in [0.2, 0.25) is 0 Å². The molecule has 0 aromatic carbocycles. The third-order valence-corrected chi connectivity index (χ3v) is 5.47. The number of nitrogens with two attached hydrogens (primary N) is 1. The van der Waals surface area contributed by atoms with Gasteiger partial charge in [-0.3, -0.25) is 4.79 Å². The van der Waals surface area contributed by atoms with E-state index >= 15 is 0 Å². The van der Waals surface area contributed by atoms with Gasteiger partial charge in [0.2, 0.25) is 0 Å². The number of nitrogen functional groups attached to an aromatic ring is 1. The van der Waals surface area contributed by atoms with E-state index in [1.165, 1.54) is 30.6 Å². The SMILES string of the molecule is CCN(CC1CCC1)c1sc(C(=O)C(C)C)c(N)c1OC. The Morgan fingerprint density at radius 1 is 1.48 bits per heavy atom. The number of anilines is 2. The number of ether oxygens (including phenoxy) is 1. The average Bonchev–Trinajstić information content (AvgIpc) is 2.73. The molecule has 118 valence electrons. The molecule has 0 bridgehead atoms. The fraction of sp³-hybridized carbons (Fsp3) is 0.688. The molecule has 0 spiro atoms. The van der Waals surface area contributed by atoms with Gasteiger partial charge >= 0.3 is 0 Å². The van der Waals surface area contributed by atoms with Crippen LogP contribution in [0.4, 0.5) is 10.7 Å². The zero-order valence-electron chi connectivity index (χ0n) is 13.4. The molecule has 2 N–H and O–H groups in total. The van der Waals surface area contributed by atoms with E-state index in [2.05, 4.69) is 11.8 Å². The first-order valence-electron chi connectivity index (χ1n) is 7.74. The van der Waals surface area contributed by atoms with E-state index in [1.54, 1.807) is 7.11 Å². The van der Waals surface area contributed by atoms with E-state index in [0.29, 0.717) is 16.3 Å². The number of rotatable bonds is 7. The fourth-order valence-electron chi connectivity index (χ4n) is 2.61. The summed E-state index contributed by atoms with van der Waals surface area (Å²) >= 11 is 1.48. The molecule has 0 atom stereocenters. The van der Waals surface area contributed by atoms with Crippen molar-refractivity contribution in [2.24, 2.45) is 11.8 Å². The van der Waals surface area contributed by atoms with Crippen LogP contribution in [0.15, 0.2) is 0 Å². The van der Waals surface area contributed by atoms with Crippen molar-refractivity contribution in [3.05, 3.63) is 4.88 Å². The minimum Gasteiger partial charge on any atom is -0.492 e. The Morgan fingerprint density at radius 2 is 2.14 bits per heavy atom. The Bertz CT molecular complexity index is 507.